The van der Waals surface area contributed by atoms with E-state index in [9.17, 15) is 18.4 Å². The fraction of sp³-hybridized carbons (Fsp3) is 0.333. The summed E-state index contributed by atoms with van der Waals surface area (Å²) in [5.41, 5.74) is 5.08. The van der Waals surface area contributed by atoms with Crippen LogP contribution in [-0.2, 0) is 16.0 Å². The minimum absolute atomic E-state index is 0.00367. The van der Waals surface area contributed by atoms with Gasteiger partial charge in [-0.1, -0.05) is 0 Å². The number of ether oxygens (including phenoxy) is 1. The zero-order valence-corrected chi connectivity index (χ0v) is 14.1. The molecule has 116 valence electrons. The van der Waals surface area contributed by atoms with Gasteiger partial charge in [0.2, 0.25) is 0 Å². The molecule has 1 rings (SSSR count). The van der Waals surface area contributed by atoms with Gasteiger partial charge in [0.15, 0.2) is 0 Å². The van der Waals surface area contributed by atoms with E-state index in [2.05, 4.69) is 10.1 Å². The van der Waals surface area contributed by atoms with Gasteiger partial charge in [0, 0.05) is 0 Å². The van der Waals surface area contributed by atoms with E-state index >= 15 is 0 Å². The third-order valence-electron chi connectivity index (χ3n) is 2.62. The normalized spacial score (nSPS) is 11.9. The SMILES string of the molecule is COc1c(F)c([At])c(NC(C)=O)c(CC(N)C(=O)O)c1F. The van der Waals surface area contributed by atoms with E-state index in [4.69, 9.17) is 10.8 Å². The van der Waals surface area contributed by atoms with E-state index < -0.39 is 41.7 Å². The number of rotatable bonds is 5. The number of methoxy groups -OCH3 is 1. The first-order chi connectivity index (χ1) is 9.70. The molecule has 0 aromatic heterocycles. The second-order valence-electron chi connectivity index (χ2n) is 4.16. The Morgan fingerprint density at radius 2 is 2.00 bits per heavy atom. The molecular formula is C12H13AtF2N2O4. The first-order valence-electron chi connectivity index (χ1n) is 5.69. The third-order valence-corrected chi connectivity index (χ3v) is 4.00. The number of halogens is 2. The van der Waals surface area contributed by atoms with Crippen LogP contribution in [0, 0.1) is 36.4 Å². The number of carboxylic acids is 1. The molecule has 1 unspecified atom stereocenters. The maximum atomic E-state index is 14.3. The van der Waals surface area contributed by atoms with Crippen LogP contribution in [0.1, 0.15) is 12.5 Å². The topological polar surface area (TPSA) is 102 Å². The molecule has 0 aliphatic heterocycles. The molecule has 0 aliphatic carbocycles. The Balaban J connectivity index is 3.52. The first-order valence-corrected chi connectivity index (χ1v) is 7.16. The Morgan fingerprint density at radius 1 is 1.43 bits per heavy atom. The standard InChI is InChI=1S/C12H13AtF2N2O4/c1-4(18)17-10-5(3-6(16)12(19)20)8(14)11(21-2)9(15)7(10)13/h6H,3,16H2,1-2H3,(H,17,18)(H,19,20). The Labute approximate surface area is 134 Å². The van der Waals surface area contributed by atoms with Crippen LogP contribution in [-0.4, -0.2) is 30.1 Å². The number of nitrogens with two attached hydrogens (primary N) is 1. The van der Waals surface area contributed by atoms with Gasteiger partial charge in [-0.15, -0.1) is 0 Å². The Kier molecular flexibility index (Phi) is 5.98. The van der Waals surface area contributed by atoms with Gasteiger partial charge in [0.05, 0.1) is 0 Å². The molecule has 21 heavy (non-hydrogen) atoms. The van der Waals surface area contributed by atoms with Crippen molar-refractivity contribution in [1.82, 2.24) is 0 Å². The quantitative estimate of drug-likeness (QED) is 0.535. The predicted octanol–water partition coefficient (Wildman–Crippen LogP) is 0.0608. The van der Waals surface area contributed by atoms with Crippen LogP contribution in [0.15, 0.2) is 0 Å². The summed E-state index contributed by atoms with van der Waals surface area (Å²) in [5, 5.41) is 11.1. The Bertz CT molecular complexity index is 595. The van der Waals surface area contributed by atoms with Crippen molar-refractivity contribution >= 4 is 20.8 Å². The van der Waals surface area contributed by atoms with Crippen LogP contribution in [0.25, 0.3) is 0 Å². The Morgan fingerprint density at radius 3 is 2.43 bits per heavy atom. The van der Waals surface area contributed by atoms with Gasteiger partial charge in [-0.2, -0.15) is 0 Å². The summed E-state index contributed by atoms with van der Waals surface area (Å²) < 4.78 is 32.9. The first kappa shape index (κ1) is 17.7. The number of hydrogen-bond donors (Lipinski definition) is 3. The van der Waals surface area contributed by atoms with Crippen LogP contribution in [0.3, 0.4) is 0 Å². The second-order valence-corrected chi connectivity index (χ2v) is 5.63. The fourth-order valence-electron chi connectivity index (χ4n) is 1.67. The molecule has 0 aliphatic rings. The number of amides is 1. The van der Waals surface area contributed by atoms with Crippen molar-refractivity contribution in [2.24, 2.45) is 5.73 Å². The number of hydrogen-bond acceptors (Lipinski definition) is 4. The van der Waals surface area contributed by atoms with Crippen LogP contribution in [0.4, 0.5) is 14.5 Å². The van der Waals surface area contributed by atoms with Crippen molar-refractivity contribution in [3.05, 3.63) is 17.2 Å². The van der Waals surface area contributed by atoms with E-state index in [-0.39, 0.29) is 14.5 Å². The molecule has 1 atom stereocenters. The molecule has 1 aromatic carbocycles. The molecule has 0 radical (unpaired) electrons. The average molecular weight is 497 g/mol. The second kappa shape index (κ2) is 7.09. The van der Waals surface area contributed by atoms with Crippen molar-refractivity contribution in [3.8, 4) is 5.75 Å². The summed E-state index contributed by atoms with van der Waals surface area (Å²) in [6.07, 6.45) is -0.413. The van der Waals surface area contributed by atoms with E-state index in [1.807, 2.05) is 0 Å². The number of benzene rings is 1. The molecule has 1 aromatic rings. The van der Waals surface area contributed by atoms with Gasteiger partial charge in [-0.05, 0) is 0 Å². The van der Waals surface area contributed by atoms with Crippen LogP contribution >= 0.6 is 0 Å². The number of carbonyl (C=O) groups excluding carboxylic acids is 1. The molecule has 0 fully saturated rings. The van der Waals surface area contributed by atoms with Gasteiger partial charge >= 0.3 is 134 Å². The molecule has 9 heteroatoms. The molecule has 0 saturated carbocycles. The predicted molar refractivity (Wildman–Crippen MR) is 66.2 cm³/mol. The number of carboxylic acid groups (broad SMARTS) is 1. The van der Waals surface area contributed by atoms with Crippen molar-refractivity contribution < 1.29 is 52.9 Å². The van der Waals surface area contributed by atoms with Gasteiger partial charge in [0.1, 0.15) is 0 Å². The van der Waals surface area contributed by atoms with E-state index in [1.54, 1.807) is 0 Å². The van der Waals surface area contributed by atoms with Gasteiger partial charge in [-0.3, -0.25) is 0 Å². The molecule has 6 nitrogen and oxygen atoms in total. The monoisotopic (exact) mass is 497 g/mol. The number of carbonyl (C=O) groups is 2. The summed E-state index contributed by atoms with van der Waals surface area (Å²) in [5.74, 6) is -4.52. The zero-order chi connectivity index (χ0) is 16.3. The third kappa shape index (κ3) is 3.86. The van der Waals surface area contributed by atoms with Gasteiger partial charge < -0.3 is 0 Å². The summed E-state index contributed by atoms with van der Waals surface area (Å²) >= 11 is 0.853. The number of aliphatic carboxylic acids is 1. The summed E-state index contributed by atoms with van der Waals surface area (Å²) in [4.78, 5) is 22.0. The number of nitrogens with one attached hydrogen (secondary N) is 1. The fourth-order valence-corrected chi connectivity index (χ4v) is 2.63. The van der Waals surface area contributed by atoms with E-state index in [1.165, 1.54) is 6.92 Å². The molecule has 4 N–H and O–H groups in total. The van der Waals surface area contributed by atoms with Crippen molar-refractivity contribution in [3.63, 3.8) is 0 Å². The van der Waals surface area contributed by atoms with Crippen molar-refractivity contribution in [1.29, 1.82) is 0 Å². The summed E-state index contributed by atoms with van der Waals surface area (Å²) in [7, 11) is 1.09. The molecule has 0 spiro atoms. The summed E-state index contributed by atoms with van der Waals surface area (Å²) in [6, 6.07) is -1.40. The molecule has 0 heterocycles. The molecule has 0 saturated heterocycles. The zero-order valence-electron chi connectivity index (χ0n) is 11.2. The minimum atomic E-state index is -1.40. The molecule has 0 bridgehead atoms. The van der Waals surface area contributed by atoms with E-state index in [0.29, 0.717) is 0 Å². The number of anilines is 1. The van der Waals surface area contributed by atoms with Crippen molar-refractivity contribution in [2.75, 3.05) is 12.4 Å². The Hall–Kier alpha value is -1.34. The average Bonchev–Trinajstić information content (AvgIpc) is 2.40. The molecular weight excluding hydrogens is 484 g/mol. The van der Waals surface area contributed by atoms with Gasteiger partial charge in [0.25, 0.3) is 0 Å². The van der Waals surface area contributed by atoms with Crippen molar-refractivity contribution in [2.45, 2.75) is 19.4 Å². The van der Waals surface area contributed by atoms with Crippen LogP contribution < -0.4 is 19.1 Å². The van der Waals surface area contributed by atoms with Crippen LogP contribution in [0.2, 0.25) is 0 Å². The summed E-state index contributed by atoms with van der Waals surface area (Å²) in [6.45, 7) is 1.17. The van der Waals surface area contributed by atoms with Crippen LogP contribution in [0.5, 0.6) is 5.75 Å². The van der Waals surface area contributed by atoms with E-state index in [0.717, 1.165) is 31.8 Å². The van der Waals surface area contributed by atoms with Gasteiger partial charge in [-0.25, -0.2) is 0 Å². The maximum absolute atomic E-state index is 14.3. The molecule has 1 amide bonds.